The first kappa shape index (κ1) is 16.4. The summed E-state index contributed by atoms with van der Waals surface area (Å²) >= 11 is 11.7. The van der Waals surface area contributed by atoms with Gasteiger partial charge in [0.2, 0.25) is 5.91 Å². The number of hydrogen-bond donors (Lipinski definition) is 2. The summed E-state index contributed by atoms with van der Waals surface area (Å²) in [5.74, 6) is -0.164. The zero-order chi connectivity index (χ0) is 15.7. The maximum atomic E-state index is 11.9. The molecule has 1 aromatic carbocycles. The minimum Gasteiger partial charge on any atom is -0.376 e. The number of hydrogen-bond acceptors (Lipinski definition) is 4. The molecule has 1 fully saturated rings. The fourth-order valence-corrected chi connectivity index (χ4v) is 4.67. The highest BCUT2D eigenvalue weighted by Crippen LogP contribution is 2.25. The van der Waals surface area contributed by atoms with Crippen LogP contribution in [0.1, 0.15) is 13.3 Å². The number of rotatable bonds is 4. The Kier molecular flexibility index (Phi) is 4.70. The van der Waals surface area contributed by atoms with Gasteiger partial charge in [0.1, 0.15) is 0 Å². The number of halogens is 2. The second-order valence-electron chi connectivity index (χ2n) is 5.43. The third-order valence-corrected chi connectivity index (χ3v) is 5.96. The number of nitrogens with one attached hydrogen (secondary N) is 2. The van der Waals surface area contributed by atoms with Gasteiger partial charge in [-0.25, -0.2) is 8.42 Å². The first-order chi connectivity index (χ1) is 9.69. The number of benzene rings is 1. The quantitative estimate of drug-likeness (QED) is 0.871. The molecule has 5 nitrogen and oxygen atoms in total. The average molecular weight is 351 g/mol. The lowest BCUT2D eigenvalue weighted by atomic mass is 10.0. The zero-order valence-corrected chi connectivity index (χ0v) is 13.8. The van der Waals surface area contributed by atoms with Gasteiger partial charge in [0, 0.05) is 5.69 Å². The van der Waals surface area contributed by atoms with E-state index in [0.29, 0.717) is 22.2 Å². The Labute approximate surface area is 133 Å². The molecule has 0 spiro atoms. The van der Waals surface area contributed by atoms with E-state index in [1.807, 2.05) is 0 Å². The number of anilines is 1. The van der Waals surface area contributed by atoms with E-state index in [9.17, 15) is 13.2 Å². The topological polar surface area (TPSA) is 75.3 Å². The van der Waals surface area contributed by atoms with Crippen molar-refractivity contribution in [3.05, 3.63) is 28.2 Å². The maximum Gasteiger partial charge on any atom is 0.239 e. The first-order valence-electron chi connectivity index (χ1n) is 6.40. The molecule has 2 N–H and O–H groups in total. The summed E-state index contributed by atoms with van der Waals surface area (Å²) in [6.45, 7) is 1.78. The molecule has 21 heavy (non-hydrogen) atoms. The summed E-state index contributed by atoms with van der Waals surface area (Å²) in [5.41, 5.74) is -0.0151. The molecule has 116 valence electrons. The lowest BCUT2D eigenvalue weighted by Crippen LogP contribution is -2.48. The van der Waals surface area contributed by atoms with Crippen LogP contribution in [0.5, 0.6) is 0 Å². The molecule has 1 aromatic rings. The summed E-state index contributed by atoms with van der Waals surface area (Å²) in [5, 5.41) is 6.53. The highest BCUT2D eigenvalue weighted by molar-refractivity contribution is 7.91. The molecular formula is C13H16Cl2N2O3S. The van der Waals surface area contributed by atoms with Gasteiger partial charge < -0.3 is 10.6 Å². The molecule has 0 bridgehead atoms. The van der Waals surface area contributed by atoms with Gasteiger partial charge in [-0.1, -0.05) is 23.2 Å². The van der Waals surface area contributed by atoms with Gasteiger partial charge in [-0.2, -0.15) is 0 Å². The Morgan fingerprint density at radius 3 is 2.62 bits per heavy atom. The Morgan fingerprint density at radius 2 is 2.05 bits per heavy atom. The van der Waals surface area contributed by atoms with Gasteiger partial charge in [0.25, 0.3) is 0 Å². The molecule has 1 aliphatic heterocycles. The fraction of sp³-hybridized carbons (Fsp3) is 0.462. The highest BCUT2D eigenvalue weighted by atomic mass is 35.5. The zero-order valence-electron chi connectivity index (χ0n) is 11.4. The molecule has 2 rings (SSSR count). The summed E-state index contributed by atoms with van der Waals surface area (Å²) in [6, 6.07) is 4.97. The van der Waals surface area contributed by atoms with Crippen molar-refractivity contribution in [1.29, 1.82) is 0 Å². The van der Waals surface area contributed by atoms with Crippen molar-refractivity contribution in [2.75, 3.05) is 23.4 Å². The van der Waals surface area contributed by atoms with Crippen LogP contribution >= 0.6 is 23.2 Å². The van der Waals surface area contributed by atoms with Crippen LogP contribution in [-0.2, 0) is 14.6 Å². The minimum atomic E-state index is -3.04. The minimum absolute atomic E-state index is 0.0154. The van der Waals surface area contributed by atoms with Crippen LogP contribution < -0.4 is 10.6 Å². The van der Waals surface area contributed by atoms with E-state index in [1.54, 1.807) is 25.1 Å². The smallest absolute Gasteiger partial charge is 0.239 e. The first-order valence-corrected chi connectivity index (χ1v) is 8.97. The normalized spacial score (nSPS) is 23.8. The number of amides is 1. The molecule has 8 heteroatoms. The van der Waals surface area contributed by atoms with Gasteiger partial charge in [-0.05, 0) is 31.5 Å². The van der Waals surface area contributed by atoms with Gasteiger partial charge in [0.15, 0.2) is 9.84 Å². The summed E-state index contributed by atoms with van der Waals surface area (Å²) in [4.78, 5) is 11.9. The van der Waals surface area contributed by atoms with Crippen molar-refractivity contribution in [3.63, 3.8) is 0 Å². The number of carbonyl (C=O) groups is 1. The Bertz CT molecular complexity index is 663. The van der Waals surface area contributed by atoms with Crippen molar-refractivity contribution in [1.82, 2.24) is 5.32 Å². The van der Waals surface area contributed by atoms with Gasteiger partial charge in [-0.15, -0.1) is 0 Å². The second kappa shape index (κ2) is 6.02. The molecule has 0 saturated carbocycles. The summed E-state index contributed by atoms with van der Waals surface area (Å²) < 4.78 is 23.0. The Morgan fingerprint density at radius 1 is 1.33 bits per heavy atom. The lowest BCUT2D eigenvalue weighted by molar-refractivity contribution is -0.120. The highest BCUT2D eigenvalue weighted by Gasteiger charge is 2.39. The largest absolute Gasteiger partial charge is 0.376 e. The van der Waals surface area contributed by atoms with Crippen molar-refractivity contribution in [2.45, 2.75) is 18.9 Å². The second-order valence-corrected chi connectivity index (χ2v) is 8.43. The summed E-state index contributed by atoms with van der Waals surface area (Å²) in [6.07, 6.45) is 0.438. The van der Waals surface area contributed by atoms with Gasteiger partial charge in [0.05, 0.1) is 33.6 Å². The lowest BCUT2D eigenvalue weighted by Gasteiger charge is -2.24. The molecule has 0 aromatic heterocycles. The predicted octanol–water partition coefficient (Wildman–Crippen LogP) is 2.10. The third kappa shape index (κ3) is 4.49. The van der Waals surface area contributed by atoms with Crippen LogP contribution in [0.3, 0.4) is 0 Å². The van der Waals surface area contributed by atoms with E-state index < -0.39 is 15.4 Å². The standard InChI is InChI=1S/C13H16Cl2N2O3S/c1-13(4-5-21(19,20)8-13)17-12(18)7-16-9-2-3-10(14)11(15)6-9/h2-3,6,16H,4-5,7-8H2,1H3,(H,17,18). The van der Waals surface area contributed by atoms with Crippen molar-refractivity contribution >= 4 is 44.6 Å². The van der Waals surface area contributed by atoms with E-state index in [0.717, 1.165) is 0 Å². The van der Waals surface area contributed by atoms with Crippen LogP contribution in [0.4, 0.5) is 5.69 Å². The van der Waals surface area contributed by atoms with E-state index in [1.165, 1.54) is 0 Å². The average Bonchev–Trinajstić information content (AvgIpc) is 2.65. The van der Waals surface area contributed by atoms with E-state index in [-0.39, 0.29) is 24.0 Å². The van der Waals surface area contributed by atoms with E-state index >= 15 is 0 Å². The maximum absolute atomic E-state index is 11.9. The molecule has 1 amide bonds. The molecule has 1 atom stereocenters. The predicted molar refractivity (Wildman–Crippen MR) is 84.8 cm³/mol. The SMILES string of the molecule is CC1(NC(=O)CNc2ccc(Cl)c(Cl)c2)CCS(=O)(=O)C1. The number of sulfone groups is 1. The van der Waals surface area contributed by atoms with Crippen LogP contribution in [0.2, 0.25) is 10.0 Å². The molecule has 0 radical (unpaired) electrons. The molecule has 0 aliphatic carbocycles. The summed E-state index contributed by atoms with van der Waals surface area (Å²) in [7, 11) is -3.04. The Balaban J connectivity index is 1.89. The van der Waals surface area contributed by atoms with Crippen LogP contribution in [0.15, 0.2) is 18.2 Å². The van der Waals surface area contributed by atoms with Gasteiger partial charge in [-0.3, -0.25) is 4.79 Å². The molecule has 1 saturated heterocycles. The Hall–Kier alpha value is -0.980. The fourth-order valence-electron chi connectivity index (χ4n) is 2.28. The van der Waals surface area contributed by atoms with Crippen molar-refractivity contribution in [2.24, 2.45) is 0 Å². The van der Waals surface area contributed by atoms with Crippen molar-refractivity contribution < 1.29 is 13.2 Å². The molecular weight excluding hydrogens is 335 g/mol. The van der Waals surface area contributed by atoms with Crippen LogP contribution in [0, 0.1) is 0 Å². The monoisotopic (exact) mass is 350 g/mol. The molecule has 1 aliphatic rings. The molecule has 1 heterocycles. The van der Waals surface area contributed by atoms with E-state index in [4.69, 9.17) is 23.2 Å². The van der Waals surface area contributed by atoms with Crippen molar-refractivity contribution in [3.8, 4) is 0 Å². The third-order valence-electron chi connectivity index (χ3n) is 3.32. The van der Waals surface area contributed by atoms with Crippen LogP contribution in [0.25, 0.3) is 0 Å². The van der Waals surface area contributed by atoms with E-state index in [2.05, 4.69) is 10.6 Å². The molecule has 1 unspecified atom stereocenters. The number of carbonyl (C=O) groups excluding carboxylic acids is 1. The van der Waals surface area contributed by atoms with Gasteiger partial charge >= 0.3 is 0 Å². The van der Waals surface area contributed by atoms with Crippen LogP contribution in [-0.4, -0.2) is 37.9 Å².